The SMILES string of the molecule is Cc1cncc(CCC(=O)N[C@H]2C=CC[C@H](C(=O)O)C2)c1. The van der Waals surface area contributed by atoms with Crippen LogP contribution in [0.3, 0.4) is 0 Å². The smallest absolute Gasteiger partial charge is 0.306 e. The number of carbonyl (C=O) groups excluding carboxylic acids is 1. The van der Waals surface area contributed by atoms with Crippen molar-refractivity contribution in [1.29, 1.82) is 0 Å². The van der Waals surface area contributed by atoms with E-state index in [-0.39, 0.29) is 11.9 Å². The fourth-order valence-corrected chi connectivity index (χ4v) is 2.49. The molecule has 0 saturated heterocycles. The van der Waals surface area contributed by atoms with E-state index in [0.29, 0.717) is 25.7 Å². The zero-order valence-electron chi connectivity index (χ0n) is 12.1. The normalized spacial score (nSPS) is 21.0. The number of pyridine rings is 1. The standard InChI is InChI=1S/C16H20N2O3/c1-11-7-12(10-17-9-11)5-6-15(19)18-14-4-2-3-13(8-14)16(20)21/h2,4,7,9-10,13-14H,3,5-6,8H2,1H3,(H,18,19)(H,20,21)/t13-,14-/m0/s1. The number of amides is 1. The molecule has 0 saturated carbocycles. The topological polar surface area (TPSA) is 79.3 Å². The fourth-order valence-electron chi connectivity index (χ4n) is 2.49. The second kappa shape index (κ2) is 7.02. The maximum absolute atomic E-state index is 11.9. The number of allylic oxidation sites excluding steroid dienone is 1. The third kappa shape index (κ3) is 4.70. The summed E-state index contributed by atoms with van der Waals surface area (Å²) >= 11 is 0. The van der Waals surface area contributed by atoms with Crippen LogP contribution in [-0.4, -0.2) is 28.0 Å². The molecular weight excluding hydrogens is 268 g/mol. The first-order chi connectivity index (χ1) is 10.0. The van der Waals surface area contributed by atoms with Crippen LogP contribution in [0.5, 0.6) is 0 Å². The lowest BCUT2D eigenvalue weighted by Crippen LogP contribution is -2.37. The largest absolute Gasteiger partial charge is 0.481 e. The monoisotopic (exact) mass is 288 g/mol. The Morgan fingerprint density at radius 1 is 1.43 bits per heavy atom. The lowest BCUT2D eigenvalue weighted by atomic mass is 9.91. The number of rotatable bonds is 5. The number of carbonyl (C=O) groups is 2. The van der Waals surface area contributed by atoms with E-state index in [1.165, 1.54) is 0 Å². The Morgan fingerprint density at radius 2 is 2.24 bits per heavy atom. The van der Waals surface area contributed by atoms with E-state index in [9.17, 15) is 9.59 Å². The van der Waals surface area contributed by atoms with E-state index < -0.39 is 11.9 Å². The lowest BCUT2D eigenvalue weighted by molar-refractivity contribution is -0.142. The summed E-state index contributed by atoms with van der Waals surface area (Å²) in [4.78, 5) is 27.0. The second-order valence-corrected chi connectivity index (χ2v) is 5.48. The molecule has 2 atom stereocenters. The Morgan fingerprint density at radius 3 is 2.95 bits per heavy atom. The van der Waals surface area contributed by atoms with Crippen LogP contribution in [0.2, 0.25) is 0 Å². The number of aromatic nitrogens is 1. The summed E-state index contributed by atoms with van der Waals surface area (Å²) in [6, 6.07) is 1.84. The number of carboxylic acid groups (broad SMARTS) is 1. The van der Waals surface area contributed by atoms with E-state index in [4.69, 9.17) is 5.11 Å². The van der Waals surface area contributed by atoms with E-state index >= 15 is 0 Å². The van der Waals surface area contributed by atoms with Gasteiger partial charge in [-0.2, -0.15) is 0 Å². The highest BCUT2D eigenvalue weighted by Crippen LogP contribution is 2.19. The molecule has 2 N–H and O–H groups in total. The van der Waals surface area contributed by atoms with Gasteiger partial charge in [-0.25, -0.2) is 0 Å². The van der Waals surface area contributed by atoms with Gasteiger partial charge in [-0.3, -0.25) is 14.6 Å². The highest BCUT2D eigenvalue weighted by Gasteiger charge is 2.24. The first-order valence-electron chi connectivity index (χ1n) is 7.14. The van der Waals surface area contributed by atoms with Gasteiger partial charge >= 0.3 is 5.97 Å². The summed E-state index contributed by atoms with van der Waals surface area (Å²) < 4.78 is 0. The van der Waals surface area contributed by atoms with Crippen LogP contribution in [0.25, 0.3) is 0 Å². The van der Waals surface area contributed by atoms with E-state index in [1.807, 2.05) is 25.1 Å². The molecule has 5 nitrogen and oxygen atoms in total. The second-order valence-electron chi connectivity index (χ2n) is 5.48. The van der Waals surface area contributed by atoms with Crippen LogP contribution in [-0.2, 0) is 16.0 Å². The number of aryl methyl sites for hydroxylation is 2. The van der Waals surface area contributed by atoms with Crippen molar-refractivity contribution < 1.29 is 14.7 Å². The quantitative estimate of drug-likeness (QED) is 0.811. The van der Waals surface area contributed by atoms with Gasteiger partial charge in [0, 0.05) is 24.9 Å². The van der Waals surface area contributed by atoms with Crippen molar-refractivity contribution in [1.82, 2.24) is 10.3 Å². The minimum absolute atomic E-state index is 0.0582. The summed E-state index contributed by atoms with van der Waals surface area (Å²) in [5.74, 6) is -1.26. The molecular formula is C16H20N2O3. The third-order valence-corrected chi connectivity index (χ3v) is 3.60. The molecule has 0 radical (unpaired) electrons. The molecule has 1 aromatic heterocycles. The van der Waals surface area contributed by atoms with Crippen molar-refractivity contribution in [2.45, 2.75) is 38.6 Å². The Hall–Kier alpha value is -2.17. The van der Waals surface area contributed by atoms with Gasteiger partial charge in [0.15, 0.2) is 0 Å². The Labute approximate surface area is 124 Å². The highest BCUT2D eigenvalue weighted by atomic mass is 16.4. The van der Waals surface area contributed by atoms with Gasteiger partial charge in [0.1, 0.15) is 0 Å². The Balaban J connectivity index is 1.81. The van der Waals surface area contributed by atoms with Crippen molar-refractivity contribution in [2.75, 3.05) is 0 Å². The molecule has 5 heteroatoms. The van der Waals surface area contributed by atoms with Gasteiger partial charge < -0.3 is 10.4 Å². The molecule has 0 aromatic carbocycles. The fraction of sp³-hybridized carbons (Fsp3) is 0.438. The molecule has 0 bridgehead atoms. The Bertz CT molecular complexity index is 554. The third-order valence-electron chi connectivity index (χ3n) is 3.60. The summed E-state index contributed by atoms with van der Waals surface area (Å²) in [7, 11) is 0. The first kappa shape index (κ1) is 15.2. The molecule has 0 fully saturated rings. The molecule has 1 amide bonds. The summed E-state index contributed by atoms with van der Waals surface area (Å²) in [5, 5.41) is 11.9. The van der Waals surface area contributed by atoms with Crippen molar-refractivity contribution in [3.63, 3.8) is 0 Å². The molecule has 1 heterocycles. The van der Waals surface area contributed by atoms with E-state index in [1.54, 1.807) is 12.4 Å². The van der Waals surface area contributed by atoms with E-state index in [0.717, 1.165) is 11.1 Å². The molecule has 21 heavy (non-hydrogen) atoms. The van der Waals surface area contributed by atoms with E-state index in [2.05, 4.69) is 10.3 Å². The molecule has 2 rings (SSSR count). The summed E-state index contributed by atoms with van der Waals surface area (Å²) in [5.41, 5.74) is 2.11. The number of hydrogen-bond donors (Lipinski definition) is 2. The number of hydrogen-bond acceptors (Lipinski definition) is 3. The summed E-state index contributed by atoms with van der Waals surface area (Å²) in [6.07, 6.45) is 9.28. The zero-order chi connectivity index (χ0) is 15.2. The molecule has 1 aromatic rings. The predicted molar refractivity (Wildman–Crippen MR) is 78.7 cm³/mol. The van der Waals surface area contributed by atoms with Crippen LogP contribution in [0.15, 0.2) is 30.6 Å². The average Bonchev–Trinajstić information content (AvgIpc) is 2.45. The lowest BCUT2D eigenvalue weighted by Gasteiger charge is -2.22. The first-order valence-corrected chi connectivity index (χ1v) is 7.14. The number of nitrogens with one attached hydrogen (secondary N) is 1. The van der Waals surface area contributed by atoms with Gasteiger partial charge in [-0.15, -0.1) is 0 Å². The van der Waals surface area contributed by atoms with Crippen LogP contribution >= 0.6 is 0 Å². The van der Waals surface area contributed by atoms with Crippen LogP contribution in [0, 0.1) is 12.8 Å². The van der Waals surface area contributed by atoms with Crippen molar-refractivity contribution in [3.05, 3.63) is 41.7 Å². The van der Waals surface area contributed by atoms with Crippen LogP contribution < -0.4 is 5.32 Å². The number of carboxylic acids is 1. The van der Waals surface area contributed by atoms with Crippen molar-refractivity contribution in [3.8, 4) is 0 Å². The van der Waals surface area contributed by atoms with Gasteiger partial charge in [0.2, 0.25) is 5.91 Å². The molecule has 1 aliphatic rings. The summed E-state index contributed by atoms with van der Waals surface area (Å²) in [6.45, 7) is 1.97. The maximum atomic E-state index is 11.9. The van der Waals surface area contributed by atoms with Crippen molar-refractivity contribution >= 4 is 11.9 Å². The number of nitrogens with zero attached hydrogens (tertiary/aromatic N) is 1. The zero-order valence-corrected chi connectivity index (χ0v) is 12.1. The van der Waals surface area contributed by atoms with Gasteiger partial charge in [-0.05, 0) is 37.3 Å². The van der Waals surface area contributed by atoms with Crippen LogP contribution in [0.4, 0.5) is 0 Å². The minimum atomic E-state index is -0.801. The highest BCUT2D eigenvalue weighted by molar-refractivity contribution is 5.77. The molecule has 0 spiro atoms. The maximum Gasteiger partial charge on any atom is 0.306 e. The predicted octanol–water partition coefficient (Wildman–Crippen LogP) is 1.86. The molecule has 0 aliphatic heterocycles. The van der Waals surface area contributed by atoms with Gasteiger partial charge in [-0.1, -0.05) is 18.2 Å². The van der Waals surface area contributed by atoms with Gasteiger partial charge in [0.25, 0.3) is 0 Å². The molecule has 1 aliphatic carbocycles. The number of aliphatic carboxylic acids is 1. The molecule has 0 unspecified atom stereocenters. The van der Waals surface area contributed by atoms with Gasteiger partial charge in [0.05, 0.1) is 5.92 Å². The van der Waals surface area contributed by atoms with Crippen LogP contribution in [0.1, 0.15) is 30.4 Å². The average molecular weight is 288 g/mol. The minimum Gasteiger partial charge on any atom is -0.481 e. The molecule has 112 valence electrons. The Kier molecular flexibility index (Phi) is 5.09. The van der Waals surface area contributed by atoms with Crippen molar-refractivity contribution in [2.24, 2.45) is 5.92 Å².